The smallest absolute Gasteiger partial charge is 0.270 e. The number of benzene rings is 2. The van der Waals surface area contributed by atoms with E-state index in [2.05, 4.69) is 49.0 Å². The monoisotopic (exact) mass is 495 g/mol. The van der Waals surface area contributed by atoms with Gasteiger partial charge in [-0.2, -0.15) is 10.4 Å². The van der Waals surface area contributed by atoms with Crippen LogP contribution in [0, 0.1) is 27.2 Å². The zero-order valence-corrected chi connectivity index (χ0v) is 17.2. The second-order valence-electron chi connectivity index (χ2n) is 5.67. The maximum atomic E-state index is 12.2. The highest BCUT2D eigenvalue weighted by Crippen LogP contribution is 2.22. The van der Waals surface area contributed by atoms with E-state index in [0.717, 1.165) is 9.13 Å². The number of aromatic nitrogens is 2. The third-order valence-electron chi connectivity index (χ3n) is 3.73. The summed E-state index contributed by atoms with van der Waals surface area (Å²) in [6.07, 6.45) is 6.77. The van der Waals surface area contributed by atoms with Gasteiger partial charge in [0, 0.05) is 5.56 Å². The van der Waals surface area contributed by atoms with Gasteiger partial charge in [0.05, 0.1) is 15.5 Å². The van der Waals surface area contributed by atoms with E-state index in [0.29, 0.717) is 17.0 Å². The van der Waals surface area contributed by atoms with Gasteiger partial charge in [0.1, 0.15) is 24.0 Å². The lowest BCUT2D eigenvalue weighted by Gasteiger charge is -2.06. The van der Waals surface area contributed by atoms with E-state index in [1.54, 1.807) is 24.4 Å². The van der Waals surface area contributed by atoms with Crippen molar-refractivity contribution in [2.45, 2.75) is 0 Å². The second kappa shape index (κ2) is 9.53. The molecular weight excluding hydrogens is 481 g/mol. The SMILES string of the molecule is C#CCOc1ccc(C=NNc2nc(-c3ccccc3)c(C#N)c(=O)[nH]2)cc1I. The van der Waals surface area contributed by atoms with Crippen molar-refractivity contribution in [1.82, 2.24) is 9.97 Å². The number of hydrogen-bond acceptors (Lipinski definition) is 6. The van der Waals surface area contributed by atoms with Crippen LogP contribution < -0.4 is 15.7 Å². The molecule has 2 N–H and O–H groups in total. The summed E-state index contributed by atoms with van der Waals surface area (Å²) >= 11 is 2.15. The molecule has 1 heterocycles. The first-order valence-corrected chi connectivity index (χ1v) is 9.45. The largest absolute Gasteiger partial charge is 0.480 e. The van der Waals surface area contributed by atoms with Crippen LogP contribution in [0.2, 0.25) is 0 Å². The number of rotatable bonds is 6. The number of nitrogens with zero attached hydrogens (tertiary/aromatic N) is 3. The summed E-state index contributed by atoms with van der Waals surface area (Å²) < 4.78 is 6.31. The minimum absolute atomic E-state index is 0.0529. The van der Waals surface area contributed by atoms with Crippen molar-refractivity contribution in [3.63, 3.8) is 0 Å². The molecule has 3 rings (SSSR count). The van der Waals surface area contributed by atoms with Crippen molar-refractivity contribution in [1.29, 1.82) is 5.26 Å². The predicted octanol–water partition coefficient (Wildman–Crippen LogP) is 3.37. The van der Waals surface area contributed by atoms with Crippen LogP contribution in [0.5, 0.6) is 5.75 Å². The Morgan fingerprint density at radius 3 is 2.79 bits per heavy atom. The third-order valence-corrected chi connectivity index (χ3v) is 4.57. The summed E-state index contributed by atoms with van der Waals surface area (Å²) in [5, 5.41) is 13.4. The van der Waals surface area contributed by atoms with Crippen molar-refractivity contribution < 1.29 is 4.74 Å². The van der Waals surface area contributed by atoms with Crippen molar-refractivity contribution in [3.8, 4) is 35.4 Å². The molecule has 29 heavy (non-hydrogen) atoms. The first-order valence-electron chi connectivity index (χ1n) is 8.37. The van der Waals surface area contributed by atoms with E-state index < -0.39 is 5.56 Å². The first-order chi connectivity index (χ1) is 14.1. The Labute approximate surface area is 180 Å². The van der Waals surface area contributed by atoms with Crippen LogP contribution in [-0.2, 0) is 0 Å². The lowest BCUT2D eigenvalue weighted by molar-refractivity contribution is 0.368. The Morgan fingerprint density at radius 2 is 2.10 bits per heavy atom. The van der Waals surface area contributed by atoms with Gasteiger partial charge in [-0.3, -0.25) is 9.78 Å². The van der Waals surface area contributed by atoms with Gasteiger partial charge in [0.15, 0.2) is 0 Å². The van der Waals surface area contributed by atoms with Gasteiger partial charge in [-0.15, -0.1) is 6.42 Å². The average molecular weight is 495 g/mol. The molecule has 0 saturated carbocycles. The Balaban J connectivity index is 1.82. The molecular formula is C21H14IN5O2. The number of ether oxygens (including phenoxy) is 1. The molecule has 0 amide bonds. The first kappa shape index (κ1) is 20.1. The quantitative estimate of drug-likeness (QED) is 0.236. The summed E-state index contributed by atoms with van der Waals surface area (Å²) in [6.45, 7) is 0.201. The minimum atomic E-state index is -0.538. The molecule has 0 atom stereocenters. The van der Waals surface area contributed by atoms with Gasteiger partial charge in [-0.25, -0.2) is 10.4 Å². The number of H-pyrrole nitrogens is 1. The van der Waals surface area contributed by atoms with Gasteiger partial charge in [0.2, 0.25) is 5.95 Å². The second-order valence-corrected chi connectivity index (χ2v) is 6.83. The fraction of sp³-hybridized carbons (Fsp3) is 0.0476. The van der Waals surface area contributed by atoms with Crippen LogP contribution in [0.1, 0.15) is 11.1 Å². The van der Waals surface area contributed by atoms with Crippen LogP contribution in [0.3, 0.4) is 0 Å². The molecule has 142 valence electrons. The minimum Gasteiger partial charge on any atom is -0.480 e. The number of aromatic amines is 1. The standard InChI is InChI=1S/C21H14IN5O2/c1-2-10-29-18-9-8-14(11-17(18)22)13-24-27-21-25-19(15-6-4-3-5-7-15)16(12-23)20(28)26-21/h1,3-9,11,13H,10H2,(H2,25,26,27,28). The molecule has 0 spiro atoms. The molecule has 0 unspecified atom stereocenters. The van der Waals surface area contributed by atoms with Gasteiger partial charge >= 0.3 is 0 Å². The Hall–Kier alpha value is -3.63. The summed E-state index contributed by atoms with van der Waals surface area (Å²) in [7, 11) is 0. The van der Waals surface area contributed by atoms with E-state index in [4.69, 9.17) is 11.2 Å². The summed E-state index contributed by atoms with van der Waals surface area (Å²) in [6, 6.07) is 16.4. The molecule has 3 aromatic rings. The molecule has 0 bridgehead atoms. The van der Waals surface area contributed by atoms with Crippen molar-refractivity contribution >= 4 is 34.8 Å². The molecule has 0 aliphatic carbocycles. The van der Waals surface area contributed by atoms with Crippen LogP contribution >= 0.6 is 22.6 Å². The van der Waals surface area contributed by atoms with Crippen molar-refractivity contribution in [3.05, 3.63) is 73.6 Å². The molecule has 0 saturated heterocycles. The Morgan fingerprint density at radius 1 is 1.31 bits per heavy atom. The van der Waals surface area contributed by atoms with Crippen LogP contribution in [0.25, 0.3) is 11.3 Å². The lowest BCUT2D eigenvalue weighted by Crippen LogP contribution is -2.16. The number of nitriles is 1. The Kier molecular flexibility index (Phi) is 6.61. The van der Waals surface area contributed by atoms with Crippen molar-refractivity contribution in [2.24, 2.45) is 5.10 Å². The van der Waals surface area contributed by atoms with E-state index >= 15 is 0 Å². The number of halogens is 1. The number of terminal acetylenes is 1. The zero-order chi connectivity index (χ0) is 20.6. The molecule has 8 heteroatoms. The summed E-state index contributed by atoms with van der Waals surface area (Å²) in [5.41, 5.74) is 3.88. The fourth-order valence-electron chi connectivity index (χ4n) is 2.44. The van der Waals surface area contributed by atoms with Crippen molar-refractivity contribution in [2.75, 3.05) is 12.0 Å². The van der Waals surface area contributed by atoms with Gasteiger partial charge in [-0.05, 0) is 46.4 Å². The Bertz CT molecular complexity index is 1190. The highest BCUT2D eigenvalue weighted by molar-refractivity contribution is 14.1. The molecule has 7 nitrogen and oxygen atoms in total. The summed E-state index contributed by atoms with van der Waals surface area (Å²) in [4.78, 5) is 19.1. The third kappa shape index (κ3) is 5.00. The van der Waals surface area contributed by atoms with E-state index in [9.17, 15) is 10.1 Å². The molecule has 2 aromatic carbocycles. The molecule has 0 aliphatic heterocycles. The maximum absolute atomic E-state index is 12.2. The zero-order valence-electron chi connectivity index (χ0n) is 15.0. The van der Waals surface area contributed by atoms with E-state index in [-0.39, 0.29) is 18.1 Å². The summed E-state index contributed by atoms with van der Waals surface area (Å²) in [5.74, 6) is 3.25. The predicted molar refractivity (Wildman–Crippen MR) is 120 cm³/mol. The number of hydrogen-bond donors (Lipinski definition) is 2. The van der Waals surface area contributed by atoms with Gasteiger partial charge < -0.3 is 4.74 Å². The van der Waals surface area contributed by atoms with Crippen LogP contribution in [-0.4, -0.2) is 22.8 Å². The number of nitrogens with one attached hydrogen (secondary N) is 2. The molecule has 0 radical (unpaired) electrons. The lowest BCUT2D eigenvalue weighted by atomic mass is 10.1. The topological polar surface area (TPSA) is 103 Å². The molecule has 0 fully saturated rings. The molecule has 0 aliphatic rings. The highest BCUT2D eigenvalue weighted by atomic mass is 127. The van der Waals surface area contributed by atoms with Crippen LogP contribution in [0.15, 0.2) is 58.4 Å². The normalized spacial score (nSPS) is 10.3. The average Bonchev–Trinajstić information content (AvgIpc) is 2.73. The van der Waals surface area contributed by atoms with Gasteiger partial charge in [-0.1, -0.05) is 36.3 Å². The van der Waals surface area contributed by atoms with Crippen LogP contribution in [0.4, 0.5) is 5.95 Å². The highest BCUT2D eigenvalue weighted by Gasteiger charge is 2.12. The number of anilines is 1. The van der Waals surface area contributed by atoms with Gasteiger partial charge in [0.25, 0.3) is 5.56 Å². The maximum Gasteiger partial charge on any atom is 0.270 e. The number of hydrazone groups is 1. The molecule has 1 aromatic heterocycles. The van der Waals surface area contributed by atoms with E-state index in [1.807, 2.05) is 36.4 Å². The van der Waals surface area contributed by atoms with E-state index in [1.165, 1.54) is 0 Å². The fourth-order valence-corrected chi connectivity index (χ4v) is 3.13.